The molecule has 1 saturated heterocycles. The number of nitrogens with one attached hydrogen (secondary N) is 1. The molecule has 3 aliphatic rings. The van der Waals surface area contributed by atoms with Gasteiger partial charge in [-0.05, 0) is 31.4 Å². The van der Waals surface area contributed by atoms with Gasteiger partial charge in [0.15, 0.2) is 17.5 Å². The minimum absolute atomic E-state index is 0.378. The van der Waals surface area contributed by atoms with E-state index in [0.717, 1.165) is 18.0 Å². The average molecular weight is 262 g/mol. The predicted octanol–water partition coefficient (Wildman–Crippen LogP) is -0.398. The third-order valence-corrected chi connectivity index (χ3v) is 4.77. The zero-order chi connectivity index (χ0) is 12.7. The maximum Gasteiger partial charge on any atom is 0.231 e. The molecule has 4 heteroatoms. The molecule has 3 aliphatic heterocycles. The fourth-order valence-corrected chi connectivity index (χ4v) is 3.77. The molecule has 0 radical (unpaired) electrons. The lowest BCUT2D eigenvalue weighted by atomic mass is 9.93. The van der Waals surface area contributed by atoms with Crippen LogP contribution >= 0.6 is 0 Å². The van der Waals surface area contributed by atoms with E-state index in [4.69, 9.17) is 9.47 Å². The Morgan fingerprint density at radius 1 is 1.05 bits per heavy atom. The van der Waals surface area contributed by atoms with Crippen LogP contribution in [0.25, 0.3) is 0 Å². The molecular formula is C15H22N2O2+2. The Morgan fingerprint density at radius 2 is 1.84 bits per heavy atom. The third-order valence-electron chi connectivity index (χ3n) is 4.77. The van der Waals surface area contributed by atoms with E-state index in [1.165, 1.54) is 50.0 Å². The van der Waals surface area contributed by atoms with Crippen LogP contribution in [0.1, 0.15) is 36.4 Å². The molecule has 0 aromatic heterocycles. The second kappa shape index (κ2) is 4.69. The van der Waals surface area contributed by atoms with E-state index in [2.05, 4.69) is 17.4 Å². The average Bonchev–Trinajstić information content (AvgIpc) is 2.92. The quantitative estimate of drug-likeness (QED) is 0.723. The smallest absolute Gasteiger partial charge is 0.231 e. The van der Waals surface area contributed by atoms with Gasteiger partial charge < -0.3 is 19.7 Å². The molecule has 1 aromatic rings. The first-order valence-electron chi connectivity index (χ1n) is 7.50. The molecule has 0 bridgehead atoms. The van der Waals surface area contributed by atoms with Crippen LogP contribution < -0.4 is 19.7 Å². The summed E-state index contributed by atoms with van der Waals surface area (Å²) in [6.45, 7) is 5.32. The molecule has 0 unspecified atom stereocenters. The number of hydrogen-bond donors (Lipinski definition) is 2. The van der Waals surface area contributed by atoms with Gasteiger partial charge in [-0.15, -0.1) is 0 Å². The summed E-state index contributed by atoms with van der Waals surface area (Å²) in [5.74, 6) is 1.88. The maximum absolute atomic E-state index is 5.56. The van der Waals surface area contributed by atoms with Crippen molar-refractivity contribution in [2.24, 2.45) is 0 Å². The van der Waals surface area contributed by atoms with Crippen LogP contribution in [0.4, 0.5) is 0 Å². The highest BCUT2D eigenvalue weighted by Gasteiger charge is 2.34. The first-order chi connectivity index (χ1) is 9.42. The third kappa shape index (κ3) is 1.99. The predicted molar refractivity (Wildman–Crippen MR) is 70.4 cm³/mol. The molecule has 4 nitrogen and oxygen atoms in total. The van der Waals surface area contributed by atoms with Gasteiger partial charge in [-0.25, -0.2) is 0 Å². The monoisotopic (exact) mass is 262 g/mol. The summed E-state index contributed by atoms with van der Waals surface area (Å²) < 4.78 is 11.1. The minimum atomic E-state index is 0.378. The van der Waals surface area contributed by atoms with Crippen molar-refractivity contribution >= 4 is 0 Å². The second-order valence-electron chi connectivity index (χ2n) is 5.90. The highest BCUT2D eigenvalue weighted by molar-refractivity contribution is 5.49. The topological polar surface area (TPSA) is 39.5 Å². The molecule has 0 amide bonds. The number of nitrogens with two attached hydrogens (primary N) is 1. The van der Waals surface area contributed by atoms with Gasteiger partial charge in [0.05, 0.1) is 13.1 Å². The number of ether oxygens (including phenoxy) is 2. The van der Waals surface area contributed by atoms with Crippen molar-refractivity contribution in [1.82, 2.24) is 0 Å². The Morgan fingerprint density at radius 3 is 2.68 bits per heavy atom. The lowest BCUT2D eigenvalue weighted by molar-refractivity contribution is -0.952. The van der Waals surface area contributed by atoms with Crippen molar-refractivity contribution in [1.29, 1.82) is 0 Å². The van der Waals surface area contributed by atoms with Gasteiger partial charge in [-0.3, -0.25) is 0 Å². The van der Waals surface area contributed by atoms with E-state index in [-0.39, 0.29) is 0 Å². The van der Waals surface area contributed by atoms with Crippen molar-refractivity contribution in [3.8, 4) is 11.5 Å². The first kappa shape index (κ1) is 11.6. The van der Waals surface area contributed by atoms with Crippen LogP contribution in [0.3, 0.4) is 0 Å². The number of hydrogen-bond acceptors (Lipinski definition) is 2. The van der Waals surface area contributed by atoms with Crippen LogP contribution in [0.5, 0.6) is 11.5 Å². The number of benzene rings is 1. The maximum atomic E-state index is 5.56. The standard InChI is InChI=1S/C15H20N2O2/c1-2-4-17(5-3-1)13-9-16-8-11-6-14-15(7-12(11)13)19-10-18-14/h6-7,13,16H,1-5,8-10H2/p+2/t13-/m0/s1. The number of quaternary nitrogens is 2. The second-order valence-corrected chi connectivity index (χ2v) is 5.90. The lowest BCUT2D eigenvalue weighted by Gasteiger charge is -2.33. The van der Waals surface area contributed by atoms with Crippen LogP contribution in [-0.4, -0.2) is 26.4 Å². The molecule has 1 fully saturated rings. The Labute approximate surface area is 113 Å². The molecule has 0 aliphatic carbocycles. The van der Waals surface area contributed by atoms with Crippen molar-refractivity contribution in [2.75, 3.05) is 26.4 Å². The Hall–Kier alpha value is -1.26. The van der Waals surface area contributed by atoms with Crippen molar-refractivity contribution < 1.29 is 19.7 Å². The first-order valence-corrected chi connectivity index (χ1v) is 7.50. The molecule has 1 aromatic carbocycles. The minimum Gasteiger partial charge on any atom is -0.454 e. The number of fused-ring (bicyclic) bond motifs is 2. The van der Waals surface area contributed by atoms with Gasteiger partial charge in [0.25, 0.3) is 0 Å². The van der Waals surface area contributed by atoms with Crippen molar-refractivity contribution in [2.45, 2.75) is 31.8 Å². The summed E-state index contributed by atoms with van der Waals surface area (Å²) in [6, 6.07) is 5.08. The summed E-state index contributed by atoms with van der Waals surface area (Å²) in [7, 11) is 0. The summed E-state index contributed by atoms with van der Waals surface area (Å²) in [6.07, 6.45) is 4.17. The van der Waals surface area contributed by atoms with Gasteiger partial charge in [-0.2, -0.15) is 0 Å². The van der Waals surface area contributed by atoms with E-state index in [1.54, 1.807) is 4.90 Å². The van der Waals surface area contributed by atoms with Gasteiger partial charge in [-0.1, -0.05) is 0 Å². The number of piperidine rings is 1. The van der Waals surface area contributed by atoms with Crippen molar-refractivity contribution in [3.63, 3.8) is 0 Å². The highest BCUT2D eigenvalue weighted by atomic mass is 16.7. The molecule has 1 atom stereocenters. The highest BCUT2D eigenvalue weighted by Crippen LogP contribution is 2.36. The molecule has 0 spiro atoms. The zero-order valence-corrected chi connectivity index (χ0v) is 11.3. The van der Waals surface area contributed by atoms with Gasteiger partial charge >= 0.3 is 0 Å². The molecule has 3 heterocycles. The van der Waals surface area contributed by atoms with E-state index in [1.807, 2.05) is 0 Å². The Kier molecular flexibility index (Phi) is 2.85. The van der Waals surface area contributed by atoms with Crippen LogP contribution in [0.2, 0.25) is 0 Å². The summed E-state index contributed by atoms with van der Waals surface area (Å²) in [5, 5.41) is 2.44. The van der Waals surface area contributed by atoms with E-state index in [9.17, 15) is 0 Å². The fraction of sp³-hybridized carbons (Fsp3) is 0.600. The Bertz CT molecular complexity index is 483. The Balaban J connectivity index is 1.69. The normalized spacial score (nSPS) is 26.2. The largest absolute Gasteiger partial charge is 0.454 e. The molecule has 3 N–H and O–H groups in total. The zero-order valence-electron chi connectivity index (χ0n) is 11.3. The summed E-state index contributed by atoms with van der Waals surface area (Å²) >= 11 is 0. The molecule has 0 saturated carbocycles. The van der Waals surface area contributed by atoms with Crippen LogP contribution in [-0.2, 0) is 6.54 Å². The van der Waals surface area contributed by atoms with Gasteiger partial charge in [0.2, 0.25) is 6.79 Å². The van der Waals surface area contributed by atoms with Crippen LogP contribution in [0, 0.1) is 0 Å². The molecule has 19 heavy (non-hydrogen) atoms. The number of likely N-dealkylation sites (tertiary alicyclic amines) is 1. The summed E-state index contributed by atoms with van der Waals surface area (Å²) in [4.78, 5) is 1.77. The van der Waals surface area contributed by atoms with Crippen LogP contribution in [0.15, 0.2) is 12.1 Å². The lowest BCUT2D eigenvalue weighted by Crippen LogP contribution is -3.16. The van der Waals surface area contributed by atoms with E-state index in [0.29, 0.717) is 12.8 Å². The number of rotatable bonds is 1. The fourth-order valence-electron chi connectivity index (χ4n) is 3.77. The van der Waals surface area contributed by atoms with E-state index >= 15 is 0 Å². The molecule has 102 valence electrons. The molecule has 4 rings (SSSR count). The van der Waals surface area contributed by atoms with E-state index < -0.39 is 0 Å². The molecular weight excluding hydrogens is 240 g/mol. The summed E-state index contributed by atoms with van der Waals surface area (Å²) in [5.41, 5.74) is 2.95. The van der Waals surface area contributed by atoms with Gasteiger partial charge in [0, 0.05) is 11.1 Å². The van der Waals surface area contributed by atoms with Gasteiger partial charge in [0.1, 0.15) is 13.1 Å². The SMILES string of the molecule is c1c2c(cc3c1OCO3)[C@@H]([NH+]1CCCCC1)C[NH2+]C2. The van der Waals surface area contributed by atoms with Crippen molar-refractivity contribution in [3.05, 3.63) is 23.3 Å².